The van der Waals surface area contributed by atoms with Gasteiger partial charge >= 0.3 is 0 Å². The molecule has 1 unspecified atom stereocenters. The van der Waals surface area contributed by atoms with Crippen molar-refractivity contribution in [2.45, 2.75) is 25.0 Å². The Kier molecular flexibility index (Phi) is 3.41. The summed E-state index contributed by atoms with van der Waals surface area (Å²) in [5.41, 5.74) is 1.79. The van der Waals surface area contributed by atoms with Crippen LogP contribution in [-0.4, -0.2) is 11.2 Å². The summed E-state index contributed by atoms with van der Waals surface area (Å²) >= 11 is 4.99. The smallest absolute Gasteiger partial charge is 0.120 e. The number of benzene rings is 1. The molecule has 0 radical (unpaired) electrons. The van der Waals surface area contributed by atoms with Gasteiger partial charge in [-0.15, -0.1) is 11.3 Å². The van der Waals surface area contributed by atoms with Crippen LogP contribution in [-0.2, 0) is 0 Å². The van der Waals surface area contributed by atoms with Gasteiger partial charge in [0.05, 0.1) is 9.89 Å². The third-order valence-electron chi connectivity index (χ3n) is 2.90. The van der Waals surface area contributed by atoms with Crippen LogP contribution in [0.2, 0.25) is 0 Å². The van der Waals surface area contributed by atoms with Gasteiger partial charge in [-0.25, -0.2) is 0 Å². The minimum absolute atomic E-state index is 0.382. The molecule has 0 aliphatic heterocycles. The monoisotopic (exact) mass is 324 g/mol. The molecule has 1 N–H and O–H groups in total. The molecule has 0 saturated heterocycles. The first-order valence-corrected chi connectivity index (χ1v) is 7.58. The zero-order valence-electron chi connectivity index (χ0n) is 9.67. The number of aliphatic hydroxyl groups excluding tert-OH is 1. The van der Waals surface area contributed by atoms with Crippen LogP contribution in [0.25, 0.3) is 0 Å². The predicted octanol–water partition coefficient (Wildman–Crippen LogP) is 4.13. The fraction of sp³-hybridized carbons (Fsp3) is 0.286. The minimum atomic E-state index is -0.588. The van der Waals surface area contributed by atoms with Crippen molar-refractivity contribution in [1.82, 2.24) is 0 Å². The second-order valence-electron chi connectivity index (χ2n) is 4.48. The van der Waals surface area contributed by atoms with Crippen LogP contribution in [0, 0.1) is 0 Å². The third-order valence-corrected chi connectivity index (χ3v) is 4.43. The van der Waals surface area contributed by atoms with Crippen LogP contribution in [0.4, 0.5) is 0 Å². The van der Waals surface area contributed by atoms with E-state index in [0.717, 1.165) is 33.5 Å². The van der Waals surface area contributed by atoms with E-state index in [-0.39, 0.29) is 0 Å². The zero-order valence-corrected chi connectivity index (χ0v) is 12.1. The molecule has 3 rings (SSSR count). The fourth-order valence-electron chi connectivity index (χ4n) is 1.80. The van der Waals surface area contributed by atoms with Crippen molar-refractivity contribution in [1.29, 1.82) is 0 Å². The topological polar surface area (TPSA) is 29.5 Å². The van der Waals surface area contributed by atoms with Gasteiger partial charge in [-0.2, -0.15) is 0 Å². The molecule has 2 aromatic rings. The van der Waals surface area contributed by atoms with E-state index in [9.17, 15) is 5.11 Å². The lowest BCUT2D eigenvalue weighted by molar-refractivity contribution is 0.219. The Morgan fingerprint density at radius 2 is 2.11 bits per heavy atom. The highest BCUT2D eigenvalue weighted by Crippen LogP contribution is 2.32. The highest BCUT2D eigenvalue weighted by molar-refractivity contribution is 9.11. The molecule has 18 heavy (non-hydrogen) atoms. The first-order valence-electron chi connectivity index (χ1n) is 5.91. The van der Waals surface area contributed by atoms with Gasteiger partial charge in [0.15, 0.2) is 0 Å². The predicted molar refractivity (Wildman–Crippen MR) is 76.2 cm³/mol. The van der Waals surface area contributed by atoms with Gasteiger partial charge in [-0.3, -0.25) is 0 Å². The van der Waals surface area contributed by atoms with Crippen LogP contribution in [0.3, 0.4) is 0 Å². The summed E-state index contributed by atoms with van der Waals surface area (Å²) in [4.78, 5) is 0. The normalized spacial score (nSPS) is 16.6. The molecule has 1 aromatic heterocycles. The van der Waals surface area contributed by atoms with E-state index in [0.29, 0.717) is 6.10 Å². The molecule has 1 aliphatic rings. The Labute approximate surface area is 118 Å². The van der Waals surface area contributed by atoms with E-state index in [2.05, 4.69) is 15.9 Å². The Morgan fingerprint density at radius 1 is 1.28 bits per heavy atom. The molecular formula is C14H13BrO2S. The first-order chi connectivity index (χ1) is 8.72. The SMILES string of the molecule is OC(c1cccc(OC2CC2)c1)c1csc(Br)c1. The Hall–Kier alpha value is -0.840. The van der Waals surface area contributed by atoms with Crippen LogP contribution >= 0.6 is 27.3 Å². The van der Waals surface area contributed by atoms with Gasteiger partial charge in [0, 0.05) is 0 Å². The van der Waals surface area contributed by atoms with Crippen LogP contribution in [0.1, 0.15) is 30.1 Å². The molecule has 1 heterocycles. The van der Waals surface area contributed by atoms with Gasteiger partial charge in [0.25, 0.3) is 0 Å². The quantitative estimate of drug-likeness (QED) is 0.916. The molecule has 1 aliphatic carbocycles. The van der Waals surface area contributed by atoms with Gasteiger partial charge < -0.3 is 9.84 Å². The largest absolute Gasteiger partial charge is 0.490 e. The van der Waals surface area contributed by atoms with Crippen molar-refractivity contribution >= 4 is 27.3 Å². The summed E-state index contributed by atoms with van der Waals surface area (Å²) in [5.74, 6) is 0.850. The summed E-state index contributed by atoms with van der Waals surface area (Å²) in [6, 6.07) is 9.67. The van der Waals surface area contributed by atoms with Crippen molar-refractivity contribution in [2.75, 3.05) is 0 Å². The first kappa shape index (κ1) is 12.2. The van der Waals surface area contributed by atoms with Crippen molar-refractivity contribution in [3.8, 4) is 5.75 Å². The molecule has 4 heteroatoms. The van der Waals surface area contributed by atoms with Crippen LogP contribution in [0.15, 0.2) is 39.5 Å². The Morgan fingerprint density at radius 3 is 2.78 bits per heavy atom. The summed E-state index contributed by atoms with van der Waals surface area (Å²) in [6.07, 6.45) is 2.08. The van der Waals surface area contributed by atoms with E-state index in [1.54, 1.807) is 11.3 Å². The van der Waals surface area contributed by atoms with Gasteiger partial charge in [-0.1, -0.05) is 12.1 Å². The molecule has 94 valence electrons. The van der Waals surface area contributed by atoms with E-state index in [1.807, 2.05) is 35.7 Å². The molecule has 1 saturated carbocycles. The molecule has 0 bridgehead atoms. The van der Waals surface area contributed by atoms with Gasteiger partial charge in [0.1, 0.15) is 11.9 Å². The number of ether oxygens (including phenoxy) is 1. The Balaban J connectivity index is 1.81. The molecule has 0 amide bonds. The summed E-state index contributed by atoms with van der Waals surface area (Å²) in [6.45, 7) is 0. The lowest BCUT2D eigenvalue weighted by Gasteiger charge is -2.11. The molecule has 1 fully saturated rings. The lowest BCUT2D eigenvalue weighted by atomic mass is 10.0. The zero-order chi connectivity index (χ0) is 12.5. The maximum Gasteiger partial charge on any atom is 0.120 e. The molecule has 2 nitrogen and oxygen atoms in total. The number of halogens is 1. The highest BCUT2D eigenvalue weighted by atomic mass is 79.9. The maximum absolute atomic E-state index is 10.3. The standard InChI is InChI=1S/C14H13BrO2S/c15-13-7-10(8-18-13)14(16)9-2-1-3-12(6-9)17-11-4-5-11/h1-3,6-8,11,14,16H,4-5H2. The summed E-state index contributed by atoms with van der Waals surface area (Å²) < 4.78 is 6.77. The van der Waals surface area contributed by atoms with Gasteiger partial charge in [0.2, 0.25) is 0 Å². The summed E-state index contributed by atoms with van der Waals surface area (Å²) in [7, 11) is 0. The minimum Gasteiger partial charge on any atom is -0.490 e. The number of rotatable bonds is 4. The van der Waals surface area contributed by atoms with Crippen LogP contribution < -0.4 is 4.74 Å². The van der Waals surface area contributed by atoms with E-state index >= 15 is 0 Å². The highest BCUT2D eigenvalue weighted by Gasteiger charge is 2.23. The number of hydrogen-bond acceptors (Lipinski definition) is 3. The maximum atomic E-state index is 10.3. The number of aliphatic hydroxyl groups is 1. The van der Waals surface area contributed by atoms with E-state index < -0.39 is 6.10 Å². The number of thiophene rings is 1. The second-order valence-corrected chi connectivity index (χ2v) is 6.77. The molecule has 1 aromatic carbocycles. The average Bonchev–Trinajstić information content (AvgIpc) is 3.08. The number of hydrogen-bond donors (Lipinski definition) is 1. The summed E-state index contributed by atoms with van der Waals surface area (Å²) in [5, 5.41) is 12.3. The fourth-order valence-corrected chi connectivity index (χ4v) is 2.99. The molecule has 1 atom stereocenters. The van der Waals surface area contributed by atoms with Crippen molar-refractivity contribution < 1.29 is 9.84 Å². The van der Waals surface area contributed by atoms with E-state index in [4.69, 9.17) is 4.74 Å². The van der Waals surface area contributed by atoms with Gasteiger partial charge in [-0.05, 0) is 63.5 Å². The molecule has 0 spiro atoms. The second kappa shape index (κ2) is 5.03. The molecular weight excluding hydrogens is 312 g/mol. The van der Waals surface area contributed by atoms with Crippen molar-refractivity contribution in [3.05, 3.63) is 50.6 Å². The lowest BCUT2D eigenvalue weighted by Crippen LogP contribution is -2.00. The van der Waals surface area contributed by atoms with Crippen molar-refractivity contribution in [3.63, 3.8) is 0 Å². The van der Waals surface area contributed by atoms with Crippen LogP contribution in [0.5, 0.6) is 5.75 Å². The van der Waals surface area contributed by atoms with Crippen molar-refractivity contribution in [2.24, 2.45) is 0 Å². The third kappa shape index (κ3) is 2.76. The van der Waals surface area contributed by atoms with E-state index in [1.165, 1.54) is 0 Å². The Bertz CT molecular complexity index is 548. The average molecular weight is 325 g/mol.